The molecule has 0 spiro atoms. The van der Waals surface area contributed by atoms with Gasteiger partial charge in [0.25, 0.3) is 0 Å². The Kier molecular flexibility index (Phi) is 1.54. The molecule has 1 N–H and O–H groups in total. The number of hydrogen-bond acceptors (Lipinski definition) is 5. The van der Waals surface area contributed by atoms with Crippen molar-refractivity contribution >= 4 is 21.6 Å². The predicted octanol–water partition coefficient (Wildman–Crippen LogP) is 1.48. The zero-order chi connectivity index (χ0) is 9.38. The van der Waals surface area contributed by atoms with E-state index in [1.165, 1.54) is 0 Å². The highest BCUT2D eigenvalue weighted by Gasteiger charge is 2.04. The van der Waals surface area contributed by atoms with Crippen molar-refractivity contribution in [3.8, 4) is 11.4 Å². The minimum Gasteiger partial charge on any atom is -0.255 e. The van der Waals surface area contributed by atoms with Gasteiger partial charge in [0, 0.05) is 11.8 Å². The van der Waals surface area contributed by atoms with Crippen molar-refractivity contribution in [3.05, 3.63) is 23.7 Å². The van der Waals surface area contributed by atoms with Crippen LogP contribution in [-0.2, 0) is 0 Å². The molecule has 0 bridgehead atoms. The van der Waals surface area contributed by atoms with Gasteiger partial charge in [-0.25, -0.2) is 0 Å². The minimum absolute atomic E-state index is 0.577. The van der Waals surface area contributed by atoms with E-state index in [0.717, 1.165) is 15.8 Å². The molecule has 6 heteroatoms. The number of thiophene rings is 1. The first-order valence-corrected chi connectivity index (χ1v) is 4.88. The zero-order valence-corrected chi connectivity index (χ0v) is 7.82. The summed E-state index contributed by atoms with van der Waals surface area (Å²) in [7, 11) is 0. The van der Waals surface area contributed by atoms with Crippen LogP contribution in [-0.4, -0.2) is 25.6 Å². The van der Waals surface area contributed by atoms with E-state index in [-0.39, 0.29) is 0 Å². The summed E-state index contributed by atoms with van der Waals surface area (Å²) in [4.78, 5) is 4.29. The maximum atomic E-state index is 4.29. The quantitative estimate of drug-likeness (QED) is 0.650. The van der Waals surface area contributed by atoms with Crippen LogP contribution in [0.25, 0.3) is 21.6 Å². The molecule has 3 aromatic heterocycles. The molecule has 0 saturated heterocycles. The molecule has 0 atom stereocenters. The first-order valence-electron chi connectivity index (χ1n) is 4.00. The van der Waals surface area contributed by atoms with Gasteiger partial charge in [-0.3, -0.25) is 4.98 Å². The number of fused-ring (bicyclic) bond motifs is 1. The van der Waals surface area contributed by atoms with Crippen LogP contribution in [0.1, 0.15) is 0 Å². The van der Waals surface area contributed by atoms with Crippen molar-refractivity contribution in [1.82, 2.24) is 25.6 Å². The van der Waals surface area contributed by atoms with Crippen LogP contribution in [0.15, 0.2) is 23.7 Å². The lowest BCUT2D eigenvalue weighted by molar-refractivity contribution is 0.881. The third-order valence-corrected chi connectivity index (χ3v) is 2.76. The molecule has 3 rings (SSSR count). The molecule has 68 valence electrons. The molecule has 14 heavy (non-hydrogen) atoms. The van der Waals surface area contributed by atoms with E-state index in [4.69, 9.17) is 0 Å². The Hall–Kier alpha value is -1.82. The highest BCUT2D eigenvalue weighted by Crippen LogP contribution is 2.22. The summed E-state index contributed by atoms with van der Waals surface area (Å²) in [6.45, 7) is 0. The van der Waals surface area contributed by atoms with Crippen LogP contribution in [0.2, 0.25) is 0 Å². The lowest BCUT2D eigenvalue weighted by Gasteiger charge is -1.92. The summed E-state index contributed by atoms with van der Waals surface area (Å²) in [5.41, 5.74) is 1.89. The molecule has 0 aliphatic heterocycles. The molecule has 0 aliphatic rings. The van der Waals surface area contributed by atoms with Crippen molar-refractivity contribution in [1.29, 1.82) is 0 Å². The Morgan fingerprint density at radius 1 is 1.36 bits per heavy atom. The van der Waals surface area contributed by atoms with Crippen molar-refractivity contribution < 1.29 is 0 Å². The fourth-order valence-electron chi connectivity index (χ4n) is 1.25. The maximum Gasteiger partial charge on any atom is 0.206 e. The number of tetrazole rings is 1. The van der Waals surface area contributed by atoms with E-state index < -0.39 is 0 Å². The van der Waals surface area contributed by atoms with E-state index in [1.54, 1.807) is 17.5 Å². The number of aromatic amines is 1. The lowest BCUT2D eigenvalue weighted by atomic mass is 10.2. The van der Waals surface area contributed by atoms with E-state index >= 15 is 0 Å². The molecule has 0 amide bonds. The first kappa shape index (κ1) is 7.57. The smallest absolute Gasteiger partial charge is 0.206 e. The molecule has 0 unspecified atom stereocenters. The molecule has 3 aromatic rings. The van der Waals surface area contributed by atoms with Gasteiger partial charge < -0.3 is 0 Å². The highest BCUT2D eigenvalue weighted by molar-refractivity contribution is 7.17. The Morgan fingerprint density at radius 2 is 2.36 bits per heavy atom. The summed E-state index contributed by atoms with van der Waals surface area (Å²) in [5.74, 6) is 0.577. The normalized spacial score (nSPS) is 10.9. The second kappa shape index (κ2) is 2.85. The molecular weight excluding hydrogens is 198 g/mol. The van der Waals surface area contributed by atoms with Gasteiger partial charge in [0.15, 0.2) is 0 Å². The summed E-state index contributed by atoms with van der Waals surface area (Å²) in [5, 5.41) is 15.7. The molecule has 5 nitrogen and oxygen atoms in total. The number of H-pyrrole nitrogens is 1. The molecule has 0 radical (unpaired) electrons. The number of aromatic nitrogens is 5. The van der Waals surface area contributed by atoms with Crippen LogP contribution in [0.3, 0.4) is 0 Å². The Balaban J connectivity index is 2.23. The van der Waals surface area contributed by atoms with Gasteiger partial charge in [0.05, 0.1) is 10.2 Å². The zero-order valence-electron chi connectivity index (χ0n) is 7.01. The fourth-order valence-corrected chi connectivity index (χ4v) is 2.03. The van der Waals surface area contributed by atoms with E-state index in [2.05, 4.69) is 25.6 Å². The second-order valence-corrected chi connectivity index (χ2v) is 3.71. The van der Waals surface area contributed by atoms with Gasteiger partial charge in [-0.15, -0.1) is 21.5 Å². The Bertz CT molecular complexity index is 556. The van der Waals surface area contributed by atoms with E-state index in [1.807, 2.05) is 17.5 Å². The monoisotopic (exact) mass is 203 g/mol. The minimum atomic E-state index is 0.577. The van der Waals surface area contributed by atoms with Crippen molar-refractivity contribution in [3.63, 3.8) is 0 Å². The summed E-state index contributed by atoms with van der Waals surface area (Å²) < 4.78 is 1.13. The average Bonchev–Trinajstić information content (AvgIpc) is 2.88. The summed E-state index contributed by atoms with van der Waals surface area (Å²) in [6.07, 6.45) is 1.75. The van der Waals surface area contributed by atoms with Crippen molar-refractivity contribution in [2.75, 3.05) is 0 Å². The van der Waals surface area contributed by atoms with Crippen LogP contribution >= 0.6 is 11.3 Å². The molecule has 0 saturated carbocycles. The SMILES string of the molecule is c1cc2ncc(-c3nn[nH]n3)cc2s1. The van der Waals surface area contributed by atoms with Crippen LogP contribution in [0, 0.1) is 0 Å². The second-order valence-electron chi connectivity index (χ2n) is 2.76. The van der Waals surface area contributed by atoms with E-state index in [0.29, 0.717) is 5.82 Å². The van der Waals surface area contributed by atoms with Crippen molar-refractivity contribution in [2.24, 2.45) is 0 Å². The standard InChI is InChI=1S/C8H5N5S/c1-2-14-7-3-5(4-9-6(1)7)8-10-12-13-11-8/h1-4H,(H,10,11,12,13). The topological polar surface area (TPSA) is 67.3 Å². The molecule has 0 aliphatic carbocycles. The van der Waals surface area contributed by atoms with Crippen LogP contribution < -0.4 is 0 Å². The molecule has 0 fully saturated rings. The van der Waals surface area contributed by atoms with Gasteiger partial charge in [-0.2, -0.15) is 5.21 Å². The number of pyridine rings is 1. The number of nitrogens with one attached hydrogen (secondary N) is 1. The van der Waals surface area contributed by atoms with Gasteiger partial charge >= 0.3 is 0 Å². The van der Waals surface area contributed by atoms with Gasteiger partial charge in [0.2, 0.25) is 5.82 Å². The Labute approximate surface area is 82.8 Å². The average molecular weight is 203 g/mol. The van der Waals surface area contributed by atoms with Gasteiger partial charge in [-0.1, -0.05) is 0 Å². The third-order valence-electron chi connectivity index (χ3n) is 1.91. The first-order chi connectivity index (χ1) is 6.93. The molecule has 0 aromatic carbocycles. The van der Waals surface area contributed by atoms with Gasteiger partial charge in [0.1, 0.15) is 0 Å². The fraction of sp³-hybridized carbons (Fsp3) is 0. The van der Waals surface area contributed by atoms with Crippen LogP contribution in [0.5, 0.6) is 0 Å². The summed E-state index contributed by atoms with van der Waals surface area (Å²) in [6, 6.07) is 4.00. The molecule has 3 heterocycles. The Morgan fingerprint density at radius 3 is 3.21 bits per heavy atom. The predicted molar refractivity (Wildman–Crippen MR) is 52.8 cm³/mol. The van der Waals surface area contributed by atoms with Crippen LogP contribution in [0.4, 0.5) is 0 Å². The number of rotatable bonds is 1. The largest absolute Gasteiger partial charge is 0.255 e. The van der Waals surface area contributed by atoms with Gasteiger partial charge in [-0.05, 0) is 22.7 Å². The summed E-state index contributed by atoms with van der Waals surface area (Å²) >= 11 is 1.65. The molecular formula is C8H5N5S. The number of hydrogen-bond donors (Lipinski definition) is 1. The van der Waals surface area contributed by atoms with Crippen molar-refractivity contribution in [2.45, 2.75) is 0 Å². The lowest BCUT2D eigenvalue weighted by Crippen LogP contribution is -1.82. The van der Waals surface area contributed by atoms with E-state index in [9.17, 15) is 0 Å². The number of nitrogens with zero attached hydrogens (tertiary/aromatic N) is 4. The maximum absolute atomic E-state index is 4.29. The third kappa shape index (κ3) is 1.08. The highest BCUT2D eigenvalue weighted by atomic mass is 32.1.